The predicted octanol–water partition coefficient (Wildman–Crippen LogP) is 3.34. The van der Waals surface area contributed by atoms with Gasteiger partial charge >= 0.3 is 0 Å². The Morgan fingerprint density at radius 1 is 1.08 bits per heavy atom. The molecule has 0 radical (unpaired) electrons. The van der Waals surface area contributed by atoms with E-state index >= 15 is 0 Å². The fourth-order valence-electron chi connectivity index (χ4n) is 2.75. The van der Waals surface area contributed by atoms with Crippen molar-refractivity contribution in [1.82, 2.24) is 14.7 Å². The molecule has 1 aromatic carbocycles. The molecule has 6 nitrogen and oxygen atoms in total. The first-order valence-electron chi connectivity index (χ1n) is 8.65. The highest BCUT2D eigenvalue weighted by atomic mass is 16.2. The van der Waals surface area contributed by atoms with Crippen LogP contribution in [0.25, 0.3) is 5.52 Å². The second-order valence-corrected chi connectivity index (χ2v) is 6.20. The van der Waals surface area contributed by atoms with Crippen LogP contribution in [0.1, 0.15) is 45.6 Å². The van der Waals surface area contributed by atoms with Crippen LogP contribution >= 0.6 is 0 Å². The summed E-state index contributed by atoms with van der Waals surface area (Å²) in [6, 6.07) is 11.1. The third-order valence-electron chi connectivity index (χ3n) is 4.35. The summed E-state index contributed by atoms with van der Waals surface area (Å²) in [6.07, 6.45) is 2.56. The third-order valence-corrected chi connectivity index (χ3v) is 4.35. The molecule has 2 aromatic heterocycles. The highest BCUT2D eigenvalue weighted by molar-refractivity contribution is 6.09. The van der Waals surface area contributed by atoms with Crippen LogP contribution in [-0.4, -0.2) is 27.7 Å². The largest absolute Gasteiger partial charge is 0.349 e. The molecular formula is C20H22N4O2. The molecule has 3 aromatic rings. The summed E-state index contributed by atoms with van der Waals surface area (Å²) in [7, 11) is 0. The van der Waals surface area contributed by atoms with Gasteiger partial charge in [-0.2, -0.15) is 0 Å². The van der Waals surface area contributed by atoms with Crippen molar-refractivity contribution in [3.05, 3.63) is 65.2 Å². The topological polar surface area (TPSA) is 75.5 Å². The van der Waals surface area contributed by atoms with Gasteiger partial charge in [0.1, 0.15) is 0 Å². The van der Waals surface area contributed by atoms with Crippen LogP contribution in [0.3, 0.4) is 0 Å². The molecule has 0 fully saturated rings. The van der Waals surface area contributed by atoms with Crippen LogP contribution in [0.4, 0.5) is 5.69 Å². The van der Waals surface area contributed by atoms with Crippen molar-refractivity contribution in [2.45, 2.75) is 27.2 Å². The van der Waals surface area contributed by atoms with Crippen LogP contribution in [0.2, 0.25) is 0 Å². The third kappa shape index (κ3) is 3.31. The number of nitrogens with zero attached hydrogens (tertiary/aromatic N) is 2. The average Bonchev–Trinajstić information content (AvgIpc) is 3.03. The fourth-order valence-corrected chi connectivity index (χ4v) is 2.75. The van der Waals surface area contributed by atoms with E-state index in [1.807, 2.05) is 45.0 Å². The Morgan fingerprint density at radius 2 is 1.88 bits per heavy atom. The zero-order chi connectivity index (χ0) is 18.7. The predicted molar refractivity (Wildman–Crippen MR) is 102 cm³/mol. The van der Waals surface area contributed by atoms with Gasteiger partial charge in [0.15, 0.2) is 5.69 Å². The van der Waals surface area contributed by atoms with Gasteiger partial charge in [0.05, 0.1) is 5.52 Å². The van der Waals surface area contributed by atoms with Gasteiger partial charge in [-0.3, -0.25) is 14.0 Å². The number of anilines is 1. The van der Waals surface area contributed by atoms with E-state index in [4.69, 9.17) is 0 Å². The first kappa shape index (κ1) is 17.7. The van der Waals surface area contributed by atoms with Gasteiger partial charge in [0.25, 0.3) is 11.8 Å². The molecule has 0 saturated heterocycles. The number of hydrogen-bond acceptors (Lipinski definition) is 3. The Hall–Kier alpha value is -3.15. The van der Waals surface area contributed by atoms with E-state index in [0.717, 1.165) is 23.2 Å². The van der Waals surface area contributed by atoms with Crippen molar-refractivity contribution >= 4 is 23.0 Å². The van der Waals surface area contributed by atoms with Crippen LogP contribution in [0, 0.1) is 13.8 Å². The summed E-state index contributed by atoms with van der Waals surface area (Å²) in [6.45, 7) is 6.49. The van der Waals surface area contributed by atoms with Crippen molar-refractivity contribution in [3.8, 4) is 0 Å². The molecule has 0 aliphatic carbocycles. The van der Waals surface area contributed by atoms with E-state index in [9.17, 15) is 9.59 Å². The summed E-state index contributed by atoms with van der Waals surface area (Å²) < 4.78 is 1.64. The summed E-state index contributed by atoms with van der Waals surface area (Å²) in [5.74, 6) is -0.420. The highest BCUT2D eigenvalue weighted by Gasteiger charge is 2.21. The van der Waals surface area contributed by atoms with Crippen molar-refractivity contribution in [2.24, 2.45) is 0 Å². The Labute approximate surface area is 152 Å². The second-order valence-electron chi connectivity index (χ2n) is 6.20. The van der Waals surface area contributed by atoms with E-state index in [1.165, 1.54) is 0 Å². The Morgan fingerprint density at radius 3 is 2.65 bits per heavy atom. The molecule has 2 heterocycles. The number of benzene rings is 1. The lowest BCUT2D eigenvalue weighted by molar-refractivity contribution is 0.0942. The number of nitrogens with one attached hydrogen (secondary N) is 2. The molecule has 2 amide bonds. The van der Waals surface area contributed by atoms with Gasteiger partial charge in [-0.05, 0) is 49.6 Å². The molecule has 2 N–H and O–H groups in total. The molecule has 0 aliphatic rings. The molecule has 0 atom stereocenters. The summed E-state index contributed by atoms with van der Waals surface area (Å²) >= 11 is 0. The van der Waals surface area contributed by atoms with E-state index in [-0.39, 0.29) is 23.3 Å². The molecular weight excluding hydrogens is 328 g/mol. The smallest absolute Gasteiger partial charge is 0.287 e. The summed E-state index contributed by atoms with van der Waals surface area (Å²) in [5, 5.41) is 5.71. The maximum absolute atomic E-state index is 12.8. The number of imidazole rings is 1. The van der Waals surface area contributed by atoms with Crippen LogP contribution < -0.4 is 10.6 Å². The van der Waals surface area contributed by atoms with Gasteiger partial charge in [-0.1, -0.05) is 25.1 Å². The molecule has 26 heavy (non-hydrogen) atoms. The minimum absolute atomic E-state index is 0.208. The number of amides is 2. The first-order valence-corrected chi connectivity index (χ1v) is 8.65. The zero-order valence-corrected chi connectivity index (χ0v) is 15.2. The Bertz CT molecular complexity index is 975. The van der Waals surface area contributed by atoms with E-state index in [0.29, 0.717) is 12.1 Å². The average molecular weight is 350 g/mol. The Balaban J connectivity index is 1.98. The number of rotatable bonds is 5. The number of hydrogen-bond donors (Lipinski definition) is 2. The first-order chi connectivity index (χ1) is 12.5. The zero-order valence-electron chi connectivity index (χ0n) is 15.2. The lowest BCUT2D eigenvalue weighted by atomic mass is 10.1. The van der Waals surface area contributed by atoms with Crippen LogP contribution in [-0.2, 0) is 0 Å². The van der Waals surface area contributed by atoms with Crippen molar-refractivity contribution < 1.29 is 9.59 Å². The maximum atomic E-state index is 12.8. The highest BCUT2D eigenvalue weighted by Crippen LogP contribution is 2.20. The maximum Gasteiger partial charge on any atom is 0.287 e. The molecule has 6 heteroatoms. The van der Waals surface area contributed by atoms with Crippen molar-refractivity contribution in [3.63, 3.8) is 0 Å². The van der Waals surface area contributed by atoms with Gasteiger partial charge in [-0.15, -0.1) is 0 Å². The second kappa shape index (κ2) is 7.39. The standard InChI is InChI=1S/C20H22N4O2/c1-4-11-21-20(26)18-23-17(16-10-5-6-12-24(16)18)19(25)22-15-9-7-8-13(2)14(15)3/h5-10,12H,4,11H2,1-3H3,(H,21,26)(H,22,25). The number of carbonyl (C=O) groups excluding carboxylic acids is 2. The number of pyridine rings is 1. The van der Waals surface area contributed by atoms with E-state index in [2.05, 4.69) is 15.6 Å². The van der Waals surface area contributed by atoms with Crippen molar-refractivity contribution in [1.29, 1.82) is 0 Å². The number of aromatic nitrogens is 2. The summed E-state index contributed by atoms with van der Waals surface area (Å²) in [5.41, 5.74) is 3.66. The molecule has 0 aliphatic heterocycles. The van der Waals surface area contributed by atoms with Gasteiger partial charge < -0.3 is 10.6 Å². The minimum Gasteiger partial charge on any atom is -0.349 e. The Kier molecular flexibility index (Phi) is 5.02. The number of fused-ring (bicyclic) bond motifs is 1. The van der Waals surface area contributed by atoms with Crippen LogP contribution in [0.5, 0.6) is 0 Å². The molecule has 0 bridgehead atoms. The van der Waals surface area contributed by atoms with Gasteiger partial charge in [0.2, 0.25) is 5.82 Å². The monoisotopic (exact) mass is 350 g/mol. The normalized spacial score (nSPS) is 10.7. The molecule has 0 spiro atoms. The van der Waals surface area contributed by atoms with Gasteiger partial charge in [-0.25, -0.2) is 4.98 Å². The molecule has 0 saturated carbocycles. The fraction of sp³-hybridized carbons (Fsp3) is 0.250. The quantitative estimate of drug-likeness (QED) is 0.741. The van der Waals surface area contributed by atoms with Crippen LogP contribution in [0.15, 0.2) is 42.6 Å². The lowest BCUT2D eigenvalue weighted by Crippen LogP contribution is -2.26. The van der Waals surface area contributed by atoms with E-state index in [1.54, 1.807) is 22.7 Å². The van der Waals surface area contributed by atoms with E-state index < -0.39 is 0 Å². The van der Waals surface area contributed by atoms with Gasteiger partial charge in [0, 0.05) is 18.4 Å². The SMILES string of the molecule is CCCNC(=O)c1nc(C(=O)Nc2cccc(C)c2C)c2ccccn12. The number of aryl methyl sites for hydroxylation is 1. The van der Waals surface area contributed by atoms with Crippen molar-refractivity contribution in [2.75, 3.05) is 11.9 Å². The molecule has 3 rings (SSSR count). The minimum atomic E-state index is -0.336. The molecule has 0 unspecified atom stereocenters. The number of carbonyl (C=O) groups is 2. The summed E-state index contributed by atoms with van der Waals surface area (Å²) in [4.78, 5) is 29.5. The lowest BCUT2D eigenvalue weighted by Gasteiger charge is -2.09. The molecule has 134 valence electrons.